The Kier molecular flexibility index (Phi) is 4.82. The van der Waals surface area contributed by atoms with Gasteiger partial charge in [0.15, 0.2) is 0 Å². The van der Waals surface area contributed by atoms with Gasteiger partial charge in [-0.2, -0.15) is 0 Å². The van der Waals surface area contributed by atoms with E-state index in [1.54, 1.807) is 19.2 Å². The van der Waals surface area contributed by atoms with Gasteiger partial charge in [0.2, 0.25) is 0 Å². The van der Waals surface area contributed by atoms with E-state index in [0.29, 0.717) is 18.6 Å². The Morgan fingerprint density at radius 3 is 2.89 bits per heavy atom. The summed E-state index contributed by atoms with van der Waals surface area (Å²) in [5, 5.41) is 18.8. The molecule has 2 N–H and O–H groups in total. The van der Waals surface area contributed by atoms with E-state index < -0.39 is 7.12 Å². The first-order valence-corrected chi connectivity index (χ1v) is 6.47. The average Bonchev–Trinajstić information content (AvgIpc) is 2.38. The Labute approximate surface area is 113 Å². The smallest absolute Gasteiger partial charge is 0.488 e. The van der Waals surface area contributed by atoms with Gasteiger partial charge in [-0.15, -0.1) is 0 Å². The molecule has 0 aromatic heterocycles. The lowest BCUT2D eigenvalue weighted by molar-refractivity contribution is -0.0211. The van der Waals surface area contributed by atoms with Gasteiger partial charge in [0.25, 0.3) is 0 Å². The van der Waals surface area contributed by atoms with Gasteiger partial charge in [-0.1, -0.05) is 6.07 Å². The van der Waals surface area contributed by atoms with Crippen LogP contribution in [0, 0.1) is 0 Å². The minimum Gasteiger partial charge on any atom is -0.497 e. The van der Waals surface area contributed by atoms with Gasteiger partial charge in [-0.3, -0.25) is 4.90 Å². The molecule has 19 heavy (non-hydrogen) atoms. The van der Waals surface area contributed by atoms with Gasteiger partial charge in [-0.25, -0.2) is 0 Å². The van der Waals surface area contributed by atoms with E-state index in [1.807, 2.05) is 13.0 Å². The topological polar surface area (TPSA) is 62.2 Å². The maximum Gasteiger partial charge on any atom is 0.488 e. The second-order valence-electron chi connectivity index (χ2n) is 4.85. The van der Waals surface area contributed by atoms with Gasteiger partial charge >= 0.3 is 7.12 Å². The molecule has 1 saturated heterocycles. The van der Waals surface area contributed by atoms with Crippen molar-refractivity contribution in [3.05, 3.63) is 23.8 Å². The van der Waals surface area contributed by atoms with Crippen molar-refractivity contribution in [3.8, 4) is 5.75 Å². The molecule has 0 spiro atoms. The summed E-state index contributed by atoms with van der Waals surface area (Å²) < 4.78 is 10.7. The van der Waals surface area contributed by atoms with E-state index in [9.17, 15) is 10.0 Å². The molecule has 0 saturated carbocycles. The third-order valence-electron chi connectivity index (χ3n) is 3.35. The monoisotopic (exact) mass is 265 g/mol. The van der Waals surface area contributed by atoms with Gasteiger partial charge in [-0.05, 0) is 30.1 Å². The lowest BCUT2D eigenvalue weighted by Gasteiger charge is -2.31. The lowest BCUT2D eigenvalue weighted by atomic mass is 9.77. The summed E-state index contributed by atoms with van der Waals surface area (Å²) in [4.78, 5) is 2.24. The SMILES string of the molecule is COc1ccc(B(O)O)c(CN2CCOC(C)C2)c1. The zero-order valence-corrected chi connectivity index (χ0v) is 11.4. The largest absolute Gasteiger partial charge is 0.497 e. The number of rotatable bonds is 4. The number of hydrogen-bond donors (Lipinski definition) is 2. The number of hydrogen-bond acceptors (Lipinski definition) is 5. The Morgan fingerprint density at radius 2 is 2.26 bits per heavy atom. The molecule has 1 unspecified atom stereocenters. The summed E-state index contributed by atoms with van der Waals surface area (Å²) >= 11 is 0. The van der Waals surface area contributed by atoms with Crippen molar-refractivity contribution < 1.29 is 19.5 Å². The molecule has 1 heterocycles. The van der Waals surface area contributed by atoms with Crippen LogP contribution in [-0.4, -0.2) is 55.0 Å². The van der Waals surface area contributed by atoms with Crippen LogP contribution in [0.3, 0.4) is 0 Å². The molecule has 1 aliphatic rings. The quantitative estimate of drug-likeness (QED) is 0.725. The number of ether oxygens (including phenoxy) is 2. The summed E-state index contributed by atoms with van der Waals surface area (Å²) in [6, 6.07) is 5.29. The van der Waals surface area contributed by atoms with Gasteiger partial charge in [0, 0.05) is 19.6 Å². The van der Waals surface area contributed by atoms with E-state index in [-0.39, 0.29) is 6.10 Å². The highest BCUT2D eigenvalue weighted by Crippen LogP contribution is 2.15. The Balaban J connectivity index is 2.16. The van der Waals surface area contributed by atoms with Crippen LogP contribution in [0.2, 0.25) is 0 Å². The van der Waals surface area contributed by atoms with Crippen LogP contribution in [0.15, 0.2) is 18.2 Å². The zero-order valence-electron chi connectivity index (χ0n) is 11.4. The van der Waals surface area contributed by atoms with Crippen LogP contribution in [0.1, 0.15) is 12.5 Å². The molecule has 1 aliphatic heterocycles. The van der Waals surface area contributed by atoms with Crippen molar-refractivity contribution in [1.82, 2.24) is 4.90 Å². The normalized spacial score (nSPS) is 20.3. The molecule has 1 atom stereocenters. The van der Waals surface area contributed by atoms with Crippen molar-refractivity contribution in [2.45, 2.75) is 19.6 Å². The Hall–Kier alpha value is -1.08. The third kappa shape index (κ3) is 3.70. The van der Waals surface area contributed by atoms with Crippen LogP contribution < -0.4 is 10.2 Å². The molecule has 0 aliphatic carbocycles. The maximum absolute atomic E-state index is 9.42. The average molecular weight is 265 g/mol. The maximum atomic E-state index is 9.42. The second-order valence-corrected chi connectivity index (χ2v) is 4.85. The molecule has 5 nitrogen and oxygen atoms in total. The minimum atomic E-state index is -1.46. The van der Waals surface area contributed by atoms with E-state index >= 15 is 0 Å². The van der Waals surface area contributed by atoms with Crippen molar-refractivity contribution in [2.75, 3.05) is 26.8 Å². The van der Waals surface area contributed by atoms with E-state index in [4.69, 9.17) is 9.47 Å². The highest BCUT2D eigenvalue weighted by atomic mass is 16.5. The lowest BCUT2D eigenvalue weighted by Crippen LogP contribution is -2.42. The standard InChI is InChI=1S/C13H20BNO4/c1-10-8-15(5-6-19-10)9-11-7-12(18-2)3-4-13(11)14(16)17/h3-4,7,10,16-17H,5-6,8-9H2,1-2H3. The molecule has 0 radical (unpaired) electrons. The van der Waals surface area contributed by atoms with E-state index in [2.05, 4.69) is 4.90 Å². The van der Waals surface area contributed by atoms with Gasteiger partial charge in [0.1, 0.15) is 5.75 Å². The van der Waals surface area contributed by atoms with Crippen LogP contribution in [0.25, 0.3) is 0 Å². The molecular weight excluding hydrogens is 245 g/mol. The van der Waals surface area contributed by atoms with Crippen LogP contribution >= 0.6 is 0 Å². The molecule has 0 bridgehead atoms. The van der Waals surface area contributed by atoms with Crippen LogP contribution in [-0.2, 0) is 11.3 Å². The fraction of sp³-hybridized carbons (Fsp3) is 0.538. The first-order valence-electron chi connectivity index (χ1n) is 6.47. The van der Waals surface area contributed by atoms with Crippen molar-refractivity contribution >= 4 is 12.6 Å². The highest BCUT2D eigenvalue weighted by Gasteiger charge is 2.21. The first kappa shape index (κ1) is 14.3. The third-order valence-corrected chi connectivity index (χ3v) is 3.35. The summed E-state index contributed by atoms with van der Waals surface area (Å²) in [6.07, 6.45) is 0.210. The number of methoxy groups -OCH3 is 1. The fourth-order valence-corrected chi connectivity index (χ4v) is 2.37. The van der Waals surface area contributed by atoms with Crippen molar-refractivity contribution in [2.24, 2.45) is 0 Å². The van der Waals surface area contributed by atoms with Crippen molar-refractivity contribution in [3.63, 3.8) is 0 Å². The molecule has 1 fully saturated rings. The number of morpholine rings is 1. The summed E-state index contributed by atoms with van der Waals surface area (Å²) in [5.74, 6) is 0.723. The molecule has 1 aromatic rings. The first-order chi connectivity index (χ1) is 9.10. The Bertz CT molecular complexity index is 427. The number of benzene rings is 1. The highest BCUT2D eigenvalue weighted by molar-refractivity contribution is 6.59. The van der Waals surface area contributed by atoms with Crippen molar-refractivity contribution in [1.29, 1.82) is 0 Å². The molecule has 6 heteroatoms. The van der Waals surface area contributed by atoms with E-state index in [0.717, 1.165) is 24.4 Å². The molecular formula is C13H20BNO4. The van der Waals surface area contributed by atoms with Crippen LogP contribution in [0.5, 0.6) is 5.75 Å². The zero-order chi connectivity index (χ0) is 13.8. The molecule has 0 amide bonds. The Morgan fingerprint density at radius 1 is 1.47 bits per heavy atom. The molecule has 1 aromatic carbocycles. The molecule has 104 valence electrons. The minimum absolute atomic E-state index is 0.210. The van der Waals surface area contributed by atoms with Crippen LogP contribution in [0.4, 0.5) is 0 Å². The number of nitrogens with zero attached hydrogens (tertiary/aromatic N) is 1. The summed E-state index contributed by atoms with van der Waals surface area (Å²) in [6.45, 7) is 5.11. The van der Waals surface area contributed by atoms with Gasteiger partial charge < -0.3 is 19.5 Å². The fourth-order valence-electron chi connectivity index (χ4n) is 2.37. The second kappa shape index (κ2) is 6.39. The van der Waals surface area contributed by atoms with E-state index in [1.165, 1.54) is 0 Å². The predicted octanol–water partition coefficient (Wildman–Crippen LogP) is -0.404. The summed E-state index contributed by atoms with van der Waals surface area (Å²) in [5.41, 5.74) is 1.41. The molecule has 2 rings (SSSR count). The summed E-state index contributed by atoms with van der Waals surface area (Å²) in [7, 11) is 0.143. The van der Waals surface area contributed by atoms with Gasteiger partial charge in [0.05, 0.1) is 19.8 Å². The predicted molar refractivity (Wildman–Crippen MR) is 73.5 cm³/mol.